The van der Waals surface area contributed by atoms with Crippen LogP contribution in [0.25, 0.3) is 0 Å². The maximum Gasteiger partial charge on any atom is 0.253 e. The van der Waals surface area contributed by atoms with Crippen LogP contribution in [0.4, 0.5) is 17.1 Å². The Morgan fingerprint density at radius 3 is 2.59 bits per heavy atom. The predicted octanol–water partition coefficient (Wildman–Crippen LogP) is 2.65. The van der Waals surface area contributed by atoms with Crippen LogP contribution in [-0.4, -0.2) is 17.1 Å². The first kappa shape index (κ1) is 18.6. The van der Waals surface area contributed by atoms with Gasteiger partial charge in [0.05, 0.1) is 18.1 Å². The third-order valence-corrected chi connectivity index (χ3v) is 4.20. The molecule has 0 aliphatic carbocycles. The molecule has 1 atom stereocenters. The van der Waals surface area contributed by atoms with Gasteiger partial charge in [0, 0.05) is 16.8 Å². The van der Waals surface area contributed by atoms with Crippen molar-refractivity contribution in [2.45, 2.75) is 19.5 Å². The Morgan fingerprint density at radius 1 is 1.15 bits per heavy atom. The third kappa shape index (κ3) is 4.15. The van der Waals surface area contributed by atoms with E-state index in [0.717, 1.165) is 0 Å². The number of aromatic nitrogens is 1. The average Bonchev–Trinajstić information content (AvgIpc) is 2.69. The van der Waals surface area contributed by atoms with Crippen LogP contribution in [0.3, 0.4) is 0 Å². The Kier molecular flexibility index (Phi) is 5.52. The second-order valence-electron chi connectivity index (χ2n) is 5.86. The highest BCUT2D eigenvalue weighted by Gasteiger charge is 2.24. The normalized spacial score (nSPS) is 11.8. The number of nitrogens with zero attached hydrogens (tertiary/aromatic N) is 1. The molecule has 0 saturated heterocycles. The van der Waals surface area contributed by atoms with E-state index in [1.165, 1.54) is 0 Å². The van der Waals surface area contributed by atoms with E-state index in [2.05, 4.69) is 20.9 Å². The van der Waals surface area contributed by atoms with Gasteiger partial charge in [-0.05, 0) is 36.8 Å². The maximum atomic E-state index is 12.4. The summed E-state index contributed by atoms with van der Waals surface area (Å²) in [4.78, 5) is 40.2. The highest BCUT2D eigenvalue weighted by molar-refractivity contribution is 6.30. The fraction of sp³-hybridized carbons (Fsp3) is 0.158. The molecule has 3 rings (SSSR count). The van der Waals surface area contributed by atoms with Crippen molar-refractivity contribution in [1.82, 2.24) is 10.3 Å². The van der Waals surface area contributed by atoms with E-state index in [9.17, 15) is 14.4 Å². The summed E-state index contributed by atoms with van der Waals surface area (Å²) in [5.41, 5.74) is 0.0462. The van der Waals surface area contributed by atoms with Crippen molar-refractivity contribution >= 4 is 34.6 Å². The topological polar surface area (TPSA) is 100 Å². The summed E-state index contributed by atoms with van der Waals surface area (Å²) in [5.74, 6) is -0.336. The average molecular weight is 385 g/mol. The van der Waals surface area contributed by atoms with Gasteiger partial charge < -0.3 is 16.0 Å². The van der Waals surface area contributed by atoms with Gasteiger partial charge in [0.15, 0.2) is 0 Å². The Hall–Kier alpha value is -3.19. The van der Waals surface area contributed by atoms with E-state index in [-0.39, 0.29) is 17.3 Å². The van der Waals surface area contributed by atoms with Crippen LogP contribution in [0.1, 0.15) is 23.7 Å². The molecule has 2 aromatic carbocycles. The van der Waals surface area contributed by atoms with Crippen LogP contribution in [0.15, 0.2) is 58.4 Å². The molecule has 1 unspecified atom stereocenters. The molecule has 3 aromatic rings. The Labute approximate surface area is 160 Å². The smallest absolute Gasteiger partial charge is 0.253 e. The number of halogens is 1. The molecule has 0 aliphatic heterocycles. The molecule has 1 aromatic heterocycles. The van der Waals surface area contributed by atoms with Crippen LogP contribution < -0.4 is 26.8 Å². The lowest BCUT2D eigenvalue weighted by molar-refractivity contribution is 0.0940. The molecule has 3 N–H and O–H groups in total. The third-order valence-electron chi connectivity index (χ3n) is 3.96. The molecule has 0 radical (unpaired) electrons. The molecular formula is C19H17ClN4O3. The Morgan fingerprint density at radius 2 is 1.93 bits per heavy atom. The van der Waals surface area contributed by atoms with Gasteiger partial charge >= 0.3 is 0 Å². The van der Waals surface area contributed by atoms with Crippen molar-refractivity contribution in [3.63, 3.8) is 0 Å². The number of carbonyl (C=O) groups is 1. The van der Waals surface area contributed by atoms with Crippen LogP contribution in [0.2, 0.25) is 5.02 Å². The van der Waals surface area contributed by atoms with Gasteiger partial charge in [-0.25, -0.2) is 0 Å². The lowest BCUT2D eigenvalue weighted by atomic mass is 10.1. The molecular weight excluding hydrogens is 368 g/mol. The summed E-state index contributed by atoms with van der Waals surface area (Å²) < 4.78 is 0. The molecule has 1 heterocycles. The minimum Gasteiger partial charge on any atom is -0.360 e. The van der Waals surface area contributed by atoms with Crippen LogP contribution >= 0.6 is 11.6 Å². The van der Waals surface area contributed by atoms with Crippen molar-refractivity contribution in [3.05, 3.63) is 79.8 Å². The van der Waals surface area contributed by atoms with Gasteiger partial charge in [0.2, 0.25) is 0 Å². The van der Waals surface area contributed by atoms with Gasteiger partial charge in [-0.2, -0.15) is 0 Å². The van der Waals surface area contributed by atoms with Gasteiger partial charge in [0.25, 0.3) is 16.8 Å². The first-order valence-corrected chi connectivity index (χ1v) is 8.70. The zero-order valence-electron chi connectivity index (χ0n) is 14.5. The number of hydrogen-bond acceptors (Lipinski definition) is 6. The van der Waals surface area contributed by atoms with E-state index >= 15 is 0 Å². The molecule has 27 heavy (non-hydrogen) atoms. The van der Waals surface area contributed by atoms with Gasteiger partial charge in [-0.15, -0.1) is 0 Å². The van der Waals surface area contributed by atoms with E-state index in [1.54, 1.807) is 48.8 Å². The number of pyridine rings is 1. The zero-order valence-corrected chi connectivity index (χ0v) is 15.2. The summed E-state index contributed by atoms with van der Waals surface area (Å²) in [6, 6.07) is 9.98. The molecule has 0 bridgehead atoms. The molecule has 0 spiro atoms. The molecule has 1 amide bonds. The highest BCUT2D eigenvalue weighted by atomic mass is 35.5. The zero-order chi connectivity index (χ0) is 19.4. The minimum absolute atomic E-state index is 0.141. The Bertz CT molecular complexity index is 1030. The predicted molar refractivity (Wildman–Crippen MR) is 105 cm³/mol. The van der Waals surface area contributed by atoms with Gasteiger partial charge in [0.1, 0.15) is 11.4 Å². The standard InChI is InChI=1S/C19H17ClN4O3/c1-2-14(24-19(27)11-5-3-6-12(20)9-11)23-16-15(17(25)18(16)26)22-13-7-4-8-21-10-13/h3-10,14,22-23H,2H2,1H3,(H,24,27). The summed E-state index contributed by atoms with van der Waals surface area (Å²) in [6.07, 6.45) is 3.11. The lowest BCUT2D eigenvalue weighted by Gasteiger charge is -2.22. The number of anilines is 3. The van der Waals surface area contributed by atoms with Crippen molar-refractivity contribution < 1.29 is 4.79 Å². The van der Waals surface area contributed by atoms with E-state index < -0.39 is 17.0 Å². The highest BCUT2D eigenvalue weighted by Crippen LogP contribution is 2.21. The van der Waals surface area contributed by atoms with Crippen molar-refractivity contribution in [2.75, 3.05) is 10.6 Å². The van der Waals surface area contributed by atoms with Crippen LogP contribution in [0, 0.1) is 0 Å². The number of benzene rings is 1. The summed E-state index contributed by atoms with van der Waals surface area (Å²) in [7, 11) is 0. The minimum atomic E-state index is -0.628. The second-order valence-corrected chi connectivity index (χ2v) is 6.30. The summed E-state index contributed by atoms with van der Waals surface area (Å²) in [6.45, 7) is 1.84. The second kappa shape index (κ2) is 8.01. The summed E-state index contributed by atoms with van der Waals surface area (Å²) in [5, 5.41) is 9.05. The molecule has 0 saturated carbocycles. The van der Waals surface area contributed by atoms with Gasteiger partial charge in [-0.1, -0.05) is 24.6 Å². The molecule has 138 valence electrons. The number of hydrogen-bond donors (Lipinski definition) is 3. The van der Waals surface area contributed by atoms with Crippen LogP contribution in [-0.2, 0) is 0 Å². The molecule has 8 heteroatoms. The van der Waals surface area contributed by atoms with E-state index in [0.29, 0.717) is 22.7 Å². The number of nitrogens with one attached hydrogen (secondary N) is 3. The van der Waals surface area contributed by atoms with Gasteiger partial charge in [-0.3, -0.25) is 19.4 Å². The number of carbonyl (C=O) groups excluding carboxylic acids is 1. The summed E-state index contributed by atoms with van der Waals surface area (Å²) >= 11 is 5.91. The van der Waals surface area contributed by atoms with E-state index in [1.807, 2.05) is 6.92 Å². The first-order valence-electron chi connectivity index (χ1n) is 8.33. The van der Waals surface area contributed by atoms with Crippen LogP contribution in [0.5, 0.6) is 0 Å². The van der Waals surface area contributed by atoms with Crippen molar-refractivity contribution in [1.29, 1.82) is 0 Å². The SMILES string of the molecule is CCC(NC(=O)c1cccc(Cl)c1)Nc1c(Nc2cccnc2)c(=O)c1=O. The first-order chi connectivity index (χ1) is 13.0. The largest absolute Gasteiger partial charge is 0.360 e. The number of amides is 1. The molecule has 0 aliphatic rings. The molecule has 7 nitrogen and oxygen atoms in total. The Balaban J connectivity index is 1.73. The monoisotopic (exact) mass is 384 g/mol. The number of rotatable bonds is 7. The quantitative estimate of drug-likeness (QED) is 0.427. The lowest BCUT2D eigenvalue weighted by Crippen LogP contribution is -2.45. The van der Waals surface area contributed by atoms with Crippen molar-refractivity contribution in [3.8, 4) is 0 Å². The maximum absolute atomic E-state index is 12.4. The fourth-order valence-electron chi connectivity index (χ4n) is 2.52. The van der Waals surface area contributed by atoms with Crippen molar-refractivity contribution in [2.24, 2.45) is 0 Å². The fourth-order valence-corrected chi connectivity index (χ4v) is 2.71. The van der Waals surface area contributed by atoms with E-state index in [4.69, 9.17) is 11.6 Å². The molecule has 0 fully saturated rings.